The molecule has 68 valence electrons. The van der Waals surface area contributed by atoms with E-state index in [2.05, 4.69) is 0 Å². The summed E-state index contributed by atoms with van der Waals surface area (Å²) in [6.45, 7) is 1.87. The Hall–Kier alpha value is -1.38. The lowest BCUT2D eigenvalue weighted by Crippen LogP contribution is -2.18. The van der Waals surface area contributed by atoms with Gasteiger partial charge in [0.15, 0.2) is 6.10 Å². The molecule has 0 bridgehead atoms. The number of ether oxygens (including phenoxy) is 1. The van der Waals surface area contributed by atoms with Crippen LogP contribution < -0.4 is 4.74 Å². The third-order valence-electron chi connectivity index (χ3n) is 2.14. The van der Waals surface area contributed by atoms with E-state index < -0.39 is 6.10 Å². The van der Waals surface area contributed by atoms with E-state index in [0.717, 1.165) is 0 Å². The normalized spacial score (nSPS) is 19.8. The van der Waals surface area contributed by atoms with Crippen LogP contribution in [0.4, 0.5) is 4.39 Å². The number of ketones is 1. The monoisotopic (exact) mass is 180 g/mol. The highest BCUT2D eigenvalue weighted by Crippen LogP contribution is 2.30. The molecule has 1 heterocycles. The van der Waals surface area contributed by atoms with Gasteiger partial charge >= 0.3 is 0 Å². The van der Waals surface area contributed by atoms with Gasteiger partial charge in [0.25, 0.3) is 0 Å². The Morgan fingerprint density at radius 2 is 2.31 bits per heavy atom. The number of halogens is 1. The van der Waals surface area contributed by atoms with Crippen molar-refractivity contribution in [3.8, 4) is 5.75 Å². The standard InChI is InChI=1S/C10H9FO2/c1-2-8-10(12)7-4-3-6(11)5-9(7)13-8/h3-5,8H,2H2,1H3. The summed E-state index contributed by atoms with van der Waals surface area (Å²) in [6.07, 6.45) is 0.201. The van der Waals surface area contributed by atoms with Crippen LogP contribution in [-0.4, -0.2) is 11.9 Å². The lowest BCUT2D eigenvalue weighted by atomic mass is 10.1. The lowest BCUT2D eigenvalue weighted by Gasteiger charge is -2.03. The van der Waals surface area contributed by atoms with Crippen molar-refractivity contribution in [2.45, 2.75) is 19.4 Å². The zero-order valence-corrected chi connectivity index (χ0v) is 7.21. The first-order valence-corrected chi connectivity index (χ1v) is 4.22. The van der Waals surface area contributed by atoms with Gasteiger partial charge in [-0.15, -0.1) is 0 Å². The van der Waals surface area contributed by atoms with Gasteiger partial charge in [-0.2, -0.15) is 0 Å². The van der Waals surface area contributed by atoms with Crippen LogP contribution in [0.3, 0.4) is 0 Å². The molecule has 1 atom stereocenters. The van der Waals surface area contributed by atoms with Gasteiger partial charge in [0.2, 0.25) is 5.78 Å². The average molecular weight is 180 g/mol. The first kappa shape index (κ1) is 8.23. The van der Waals surface area contributed by atoms with Crippen molar-refractivity contribution >= 4 is 5.78 Å². The highest BCUT2D eigenvalue weighted by molar-refractivity contribution is 6.04. The van der Waals surface area contributed by atoms with Gasteiger partial charge in [0, 0.05) is 6.07 Å². The Bertz CT molecular complexity index is 360. The number of carbonyl (C=O) groups is 1. The summed E-state index contributed by atoms with van der Waals surface area (Å²) in [6, 6.07) is 4.00. The Balaban J connectivity index is 2.44. The maximum atomic E-state index is 12.7. The molecule has 1 aromatic rings. The fourth-order valence-electron chi connectivity index (χ4n) is 1.45. The molecule has 13 heavy (non-hydrogen) atoms. The van der Waals surface area contributed by atoms with Crippen molar-refractivity contribution in [1.82, 2.24) is 0 Å². The van der Waals surface area contributed by atoms with E-state index in [9.17, 15) is 9.18 Å². The second-order valence-electron chi connectivity index (χ2n) is 3.02. The minimum absolute atomic E-state index is 0.0440. The second-order valence-corrected chi connectivity index (χ2v) is 3.02. The lowest BCUT2D eigenvalue weighted by molar-refractivity contribution is 0.0853. The molecule has 1 aliphatic heterocycles. The molecule has 1 aromatic carbocycles. The van der Waals surface area contributed by atoms with E-state index in [1.54, 1.807) is 0 Å². The van der Waals surface area contributed by atoms with Gasteiger partial charge in [-0.05, 0) is 18.6 Å². The zero-order chi connectivity index (χ0) is 9.42. The molecule has 0 radical (unpaired) electrons. The van der Waals surface area contributed by atoms with Gasteiger partial charge in [0.1, 0.15) is 11.6 Å². The van der Waals surface area contributed by atoms with Crippen LogP contribution in [0.25, 0.3) is 0 Å². The largest absolute Gasteiger partial charge is 0.481 e. The molecule has 0 spiro atoms. The molecule has 0 N–H and O–H groups in total. The smallest absolute Gasteiger partial charge is 0.206 e. The molecule has 3 heteroatoms. The Morgan fingerprint density at radius 1 is 1.54 bits per heavy atom. The molecular formula is C10H9FO2. The van der Waals surface area contributed by atoms with Crippen molar-refractivity contribution in [2.75, 3.05) is 0 Å². The van der Waals surface area contributed by atoms with E-state index in [-0.39, 0.29) is 11.6 Å². The number of Topliss-reactive ketones (excluding diaryl/α,β-unsaturated/α-hetero) is 1. The summed E-state index contributed by atoms with van der Waals surface area (Å²) < 4.78 is 18.0. The summed E-state index contributed by atoms with van der Waals surface area (Å²) in [7, 11) is 0. The molecule has 0 saturated heterocycles. The van der Waals surface area contributed by atoms with Crippen LogP contribution in [0.15, 0.2) is 18.2 Å². The van der Waals surface area contributed by atoms with Gasteiger partial charge in [-0.3, -0.25) is 4.79 Å². The summed E-state index contributed by atoms with van der Waals surface area (Å²) in [5.41, 5.74) is 0.494. The van der Waals surface area contributed by atoms with E-state index in [4.69, 9.17) is 4.74 Å². The number of benzene rings is 1. The number of carbonyl (C=O) groups excluding carboxylic acids is 1. The molecule has 2 rings (SSSR count). The van der Waals surface area contributed by atoms with Crippen molar-refractivity contribution in [1.29, 1.82) is 0 Å². The van der Waals surface area contributed by atoms with E-state index in [0.29, 0.717) is 17.7 Å². The molecule has 0 fully saturated rings. The van der Waals surface area contributed by atoms with Crippen molar-refractivity contribution in [3.63, 3.8) is 0 Å². The average Bonchev–Trinajstić information content (AvgIpc) is 2.42. The quantitative estimate of drug-likeness (QED) is 0.662. The predicted molar refractivity (Wildman–Crippen MR) is 45.4 cm³/mol. The van der Waals surface area contributed by atoms with Crippen molar-refractivity contribution in [2.24, 2.45) is 0 Å². The summed E-state index contributed by atoms with van der Waals surface area (Å²) >= 11 is 0. The van der Waals surface area contributed by atoms with Crippen LogP contribution in [0, 0.1) is 5.82 Å². The highest BCUT2D eigenvalue weighted by Gasteiger charge is 2.30. The fourth-order valence-corrected chi connectivity index (χ4v) is 1.45. The molecule has 0 aromatic heterocycles. The number of fused-ring (bicyclic) bond motifs is 1. The molecule has 0 amide bonds. The minimum Gasteiger partial charge on any atom is -0.481 e. The molecular weight excluding hydrogens is 171 g/mol. The zero-order valence-electron chi connectivity index (χ0n) is 7.21. The Kier molecular flexibility index (Phi) is 1.79. The van der Waals surface area contributed by atoms with E-state index in [1.165, 1.54) is 18.2 Å². The van der Waals surface area contributed by atoms with Gasteiger partial charge in [-0.25, -0.2) is 4.39 Å². The van der Waals surface area contributed by atoms with Crippen molar-refractivity contribution < 1.29 is 13.9 Å². The van der Waals surface area contributed by atoms with Crippen LogP contribution >= 0.6 is 0 Å². The van der Waals surface area contributed by atoms with Gasteiger partial charge in [-0.1, -0.05) is 6.92 Å². The van der Waals surface area contributed by atoms with E-state index >= 15 is 0 Å². The summed E-state index contributed by atoms with van der Waals surface area (Å²) in [5, 5.41) is 0. The van der Waals surface area contributed by atoms with Crippen molar-refractivity contribution in [3.05, 3.63) is 29.6 Å². The second kappa shape index (κ2) is 2.83. The number of rotatable bonds is 1. The third kappa shape index (κ3) is 1.20. The molecule has 0 aliphatic carbocycles. The van der Waals surface area contributed by atoms with Crippen LogP contribution in [0.5, 0.6) is 5.75 Å². The maximum absolute atomic E-state index is 12.7. The molecule has 2 nitrogen and oxygen atoms in total. The molecule has 1 aliphatic rings. The van der Waals surface area contributed by atoms with Crippen LogP contribution in [0.1, 0.15) is 23.7 Å². The Labute approximate surface area is 75.3 Å². The minimum atomic E-state index is -0.420. The molecule has 1 unspecified atom stereocenters. The Morgan fingerprint density at radius 3 is 3.00 bits per heavy atom. The van der Waals surface area contributed by atoms with Gasteiger partial charge < -0.3 is 4.74 Å². The molecule has 0 saturated carbocycles. The van der Waals surface area contributed by atoms with E-state index in [1.807, 2.05) is 6.92 Å². The number of hydrogen-bond donors (Lipinski definition) is 0. The highest BCUT2D eigenvalue weighted by atomic mass is 19.1. The van der Waals surface area contributed by atoms with Crippen LogP contribution in [0.2, 0.25) is 0 Å². The summed E-state index contributed by atoms with van der Waals surface area (Å²) in [4.78, 5) is 11.5. The maximum Gasteiger partial charge on any atom is 0.206 e. The fraction of sp³-hybridized carbons (Fsp3) is 0.300. The predicted octanol–water partition coefficient (Wildman–Crippen LogP) is 2.18. The van der Waals surface area contributed by atoms with Gasteiger partial charge in [0.05, 0.1) is 5.56 Å². The SMILES string of the molecule is CCC1Oc2cc(F)ccc2C1=O. The summed E-state index contributed by atoms with van der Waals surface area (Å²) in [5.74, 6) is -0.0438. The third-order valence-corrected chi connectivity index (χ3v) is 2.14. The van der Waals surface area contributed by atoms with Crippen LogP contribution in [-0.2, 0) is 0 Å². The first-order valence-electron chi connectivity index (χ1n) is 4.22. The topological polar surface area (TPSA) is 26.3 Å². The number of hydrogen-bond acceptors (Lipinski definition) is 2. The first-order chi connectivity index (χ1) is 6.22.